The molecule has 1 aromatic carbocycles. The van der Waals surface area contributed by atoms with E-state index in [0.717, 1.165) is 5.39 Å². The molecule has 100 valence electrons. The number of benzene rings is 1. The summed E-state index contributed by atoms with van der Waals surface area (Å²) in [7, 11) is 0. The Labute approximate surface area is 109 Å². The molecule has 0 atom stereocenters. The van der Waals surface area contributed by atoms with E-state index in [1.807, 2.05) is 12.1 Å². The number of para-hydroxylation sites is 1. The van der Waals surface area contributed by atoms with Crippen molar-refractivity contribution in [3.63, 3.8) is 0 Å². The summed E-state index contributed by atoms with van der Waals surface area (Å²) in [5.41, 5.74) is -0.214. The molecule has 0 fully saturated rings. The zero-order chi connectivity index (χ0) is 14.0. The zero-order valence-corrected chi connectivity index (χ0v) is 10.6. The van der Waals surface area contributed by atoms with Gasteiger partial charge in [-0.1, -0.05) is 17.3 Å². The van der Waals surface area contributed by atoms with Crippen molar-refractivity contribution in [2.75, 3.05) is 0 Å². The molecule has 1 heterocycles. The van der Waals surface area contributed by atoms with Crippen LogP contribution in [-0.4, -0.2) is 27.7 Å². The highest BCUT2D eigenvalue weighted by atomic mass is 16.5. The van der Waals surface area contributed by atoms with Crippen LogP contribution in [0.2, 0.25) is 0 Å². The van der Waals surface area contributed by atoms with Crippen LogP contribution in [0.15, 0.2) is 28.8 Å². The molecular formula is C13H14N2O4. The number of carboxylic acids is 1. The lowest BCUT2D eigenvalue weighted by Gasteiger charge is -2.20. The van der Waals surface area contributed by atoms with Gasteiger partial charge in [-0.15, -0.1) is 0 Å². The highest BCUT2D eigenvalue weighted by Crippen LogP contribution is 2.18. The number of hydrogen-bond donors (Lipinski definition) is 2. The minimum atomic E-state index is -1.31. The van der Waals surface area contributed by atoms with E-state index in [1.54, 1.807) is 12.1 Å². The number of carbonyl (C=O) groups excluding carboxylic acids is 1. The van der Waals surface area contributed by atoms with E-state index < -0.39 is 17.4 Å². The molecule has 0 aliphatic carbocycles. The summed E-state index contributed by atoms with van der Waals surface area (Å²) in [6, 6.07) is 7.19. The lowest BCUT2D eigenvalue weighted by molar-refractivity contribution is -0.145. The summed E-state index contributed by atoms with van der Waals surface area (Å²) in [4.78, 5) is 22.7. The van der Waals surface area contributed by atoms with Gasteiger partial charge < -0.3 is 14.9 Å². The maximum atomic E-state index is 11.8. The number of fused-ring (bicyclic) bond motifs is 1. The normalized spacial score (nSPS) is 11.5. The van der Waals surface area contributed by atoms with Gasteiger partial charge in [-0.05, 0) is 26.0 Å². The monoisotopic (exact) mass is 262 g/mol. The minimum Gasteiger partial charge on any atom is -0.480 e. The Morgan fingerprint density at radius 3 is 2.74 bits per heavy atom. The molecule has 2 rings (SSSR count). The van der Waals surface area contributed by atoms with E-state index in [4.69, 9.17) is 9.63 Å². The summed E-state index contributed by atoms with van der Waals surface area (Å²) in [6.45, 7) is 2.85. The van der Waals surface area contributed by atoms with Crippen molar-refractivity contribution < 1.29 is 19.2 Å². The molecule has 1 aromatic heterocycles. The van der Waals surface area contributed by atoms with Crippen LogP contribution in [0.3, 0.4) is 0 Å². The lowest BCUT2D eigenvalue weighted by atomic mass is 10.1. The van der Waals surface area contributed by atoms with E-state index in [2.05, 4.69) is 10.5 Å². The summed E-state index contributed by atoms with van der Waals surface area (Å²) in [5, 5.41) is 16.0. The molecule has 2 aromatic rings. The van der Waals surface area contributed by atoms with Crippen LogP contribution in [0.5, 0.6) is 0 Å². The standard InChI is InChI=1S/C13H14N2O4/c1-13(2,12(17)18)14-11(16)7-9-8-5-3-4-6-10(8)19-15-9/h3-6H,7H2,1-2H3,(H,14,16)(H,17,18). The summed E-state index contributed by atoms with van der Waals surface area (Å²) in [5.74, 6) is -1.50. The van der Waals surface area contributed by atoms with Gasteiger partial charge in [-0.3, -0.25) is 4.79 Å². The highest BCUT2D eigenvalue weighted by molar-refractivity contribution is 5.90. The van der Waals surface area contributed by atoms with Gasteiger partial charge in [0.1, 0.15) is 11.2 Å². The largest absolute Gasteiger partial charge is 0.480 e. The quantitative estimate of drug-likeness (QED) is 0.867. The summed E-state index contributed by atoms with van der Waals surface area (Å²) in [6.07, 6.45) is -0.0201. The van der Waals surface area contributed by atoms with Gasteiger partial charge >= 0.3 is 5.97 Å². The Balaban J connectivity index is 2.13. The molecule has 0 aliphatic heterocycles. The first-order chi connectivity index (χ1) is 8.90. The molecule has 0 bridgehead atoms. The smallest absolute Gasteiger partial charge is 0.328 e. The molecule has 6 nitrogen and oxygen atoms in total. The van der Waals surface area contributed by atoms with E-state index in [1.165, 1.54) is 13.8 Å². The predicted octanol–water partition coefficient (Wildman–Crippen LogP) is 1.35. The van der Waals surface area contributed by atoms with E-state index in [0.29, 0.717) is 11.3 Å². The molecule has 0 aliphatic rings. The number of carbonyl (C=O) groups is 2. The Bertz CT molecular complexity index is 630. The third kappa shape index (κ3) is 2.73. The van der Waals surface area contributed by atoms with Crippen LogP contribution >= 0.6 is 0 Å². The molecule has 19 heavy (non-hydrogen) atoms. The molecular weight excluding hydrogens is 248 g/mol. The molecule has 0 spiro atoms. The van der Waals surface area contributed by atoms with Gasteiger partial charge in [0.15, 0.2) is 5.58 Å². The van der Waals surface area contributed by atoms with Gasteiger partial charge in [-0.2, -0.15) is 0 Å². The Morgan fingerprint density at radius 1 is 1.37 bits per heavy atom. The maximum absolute atomic E-state index is 11.8. The van der Waals surface area contributed by atoms with Crippen LogP contribution in [0, 0.1) is 0 Å². The second-order valence-electron chi connectivity index (χ2n) is 4.78. The minimum absolute atomic E-state index is 0.0201. The number of aliphatic carboxylic acids is 1. The van der Waals surface area contributed by atoms with Gasteiger partial charge in [0.2, 0.25) is 5.91 Å². The van der Waals surface area contributed by atoms with Crippen molar-refractivity contribution in [2.45, 2.75) is 25.8 Å². The van der Waals surface area contributed by atoms with Crippen molar-refractivity contribution in [3.8, 4) is 0 Å². The number of carboxylic acid groups (broad SMARTS) is 1. The fourth-order valence-electron chi connectivity index (χ4n) is 1.66. The molecule has 6 heteroatoms. The SMILES string of the molecule is CC(C)(NC(=O)Cc1noc2ccccc12)C(=O)O. The van der Waals surface area contributed by atoms with Crippen molar-refractivity contribution in [1.82, 2.24) is 10.5 Å². The number of nitrogens with zero attached hydrogens (tertiary/aromatic N) is 1. The van der Waals surface area contributed by atoms with E-state index in [-0.39, 0.29) is 6.42 Å². The average Bonchev–Trinajstić information content (AvgIpc) is 2.72. The van der Waals surface area contributed by atoms with Gasteiger partial charge in [-0.25, -0.2) is 4.79 Å². The molecule has 0 radical (unpaired) electrons. The molecule has 1 amide bonds. The topological polar surface area (TPSA) is 92.4 Å². The molecule has 0 saturated carbocycles. The zero-order valence-electron chi connectivity index (χ0n) is 10.6. The Hall–Kier alpha value is -2.37. The Morgan fingerprint density at radius 2 is 2.05 bits per heavy atom. The summed E-state index contributed by atoms with van der Waals surface area (Å²) >= 11 is 0. The number of amides is 1. The Kier molecular flexibility index (Phi) is 3.25. The first-order valence-electron chi connectivity index (χ1n) is 5.78. The maximum Gasteiger partial charge on any atom is 0.328 e. The lowest BCUT2D eigenvalue weighted by Crippen LogP contribution is -2.50. The predicted molar refractivity (Wildman–Crippen MR) is 67.6 cm³/mol. The van der Waals surface area contributed by atoms with Crippen molar-refractivity contribution in [2.24, 2.45) is 0 Å². The van der Waals surface area contributed by atoms with Crippen molar-refractivity contribution >= 4 is 22.8 Å². The first-order valence-corrected chi connectivity index (χ1v) is 5.78. The highest BCUT2D eigenvalue weighted by Gasteiger charge is 2.29. The number of nitrogens with one attached hydrogen (secondary N) is 1. The van der Waals surface area contributed by atoms with Crippen LogP contribution in [0.4, 0.5) is 0 Å². The van der Waals surface area contributed by atoms with E-state index in [9.17, 15) is 9.59 Å². The molecule has 0 unspecified atom stereocenters. The van der Waals surface area contributed by atoms with Crippen LogP contribution in [0.1, 0.15) is 19.5 Å². The second-order valence-corrected chi connectivity index (χ2v) is 4.78. The van der Waals surface area contributed by atoms with Crippen molar-refractivity contribution in [1.29, 1.82) is 0 Å². The average molecular weight is 262 g/mol. The van der Waals surface area contributed by atoms with Crippen LogP contribution in [0.25, 0.3) is 11.0 Å². The fourth-order valence-corrected chi connectivity index (χ4v) is 1.66. The summed E-state index contributed by atoms with van der Waals surface area (Å²) < 4.78 is 5.08. The van der Waals surface area contributed by atoms with Crippen LogP contribution in [-0.2, 0) is 16.0 Å². The number of rotatable bonds is 4. The number of aromatic nitrogens is 1. The van der Waals surface area contributed by atoms with Gasteiger partial charge in [0.25, 0.3) is 0 Å². The van der Waals surface area contributed by atoms with Gasteiger partial charge in [0, 0.05) is 5.39 Å². The third-order valence-corrected chi connectivity index (χ3v) is 2.77. The van der Waals surface area contributed by atoms with Crippen LogP contribution < -0.4 is 5.32 Å². The molecule has 2 N–H and O–H groups in total. The third-order valence-electron chi connectivity index (χ3n) is 2.77. The molecule has 0 saturated heterocycles. The van der Waals surface area contributed by atoms with E-state index >= 15 is 0 Å². The van der Waals surface area contributed by atoms with Gasteiger partial charge in [0.05, 0.1) is 6.42 Å². The second kappa shape index (κ2) is 4.72. The fraction of sp³-hybridized carbons (Fsp3) is 0.308. The van der Waals surface area contributed by atoms with Crippen molar-refractivity contribution in [3.05, 3.63) is 30.0 Å². The first kappa shape index (κ1) is 13.1. The number of hydrogen-bond acceptors (Lipinski definition) is 4.